The molecule has 5 rings (SSSR count). The molecule has 0 radical (unpaired) electrons. The summed E-state index contributed by atoms with van der Waals surface area (Å²) in [7, 11) is 1.63. The molecule has 0 saturated carbocycles. The first-order valence-electron chi connectivity index (χ1n) is 13.3. The number of phenolic OH excluding ortho intramolecular Hbond substituents is 1. The van der Waals surface area contributed by atoms with Gasteiger partial charge < -0.3 is 29.7 Å². The Morgan fingerprint density at radius 2 is 2.00 bits per heavy atom. The van der Waals surface area contributed by atoms with Gasteiger partial charge in [-0.3, -0.25) is 9.69 Å². The Bertz CT molecular complexity index is 1350. The van der Waals surface area contributed by atoms with Crippen molar-refractivity contribution in [2.45, 2.75) is 44.7 Å². The number of imide groups is 1. The quantitative estimate of drug-likeness (QED) is 0.354. The number of nitrogens with zero attached hydrogens (tertiary/aromatic N) is 3. The Labute approximate surface area is 222 Å². The summed E-state index contributed by atoms with van der Waals surface area (Å²) in [6.07, 6.45) is 1.49. The maximum absolute atomic E-state index is 13.9. The Morgan fingerprint density at radius 1 is 1.18 bits per heavy atom. The molecule has 9 heteroatoms. The number of benzene rings is 2. The number of ether oxygens (including phenoxy) is 1. The molecule has 9 nitrogen and oxygen atoms in total. The van der Waals surface area contributed by atoms with Gasteiger partial charge in [0.15, 0.2) is 0 Å². The van der Waals surface area contributed by atoms with Crippen molar-refractivity contribution in [2.75, 3.05) is 39.9 Å². The number of aliphatic hydroxyl groups excluding tert-OH is 1. The lowest BCUT2D eigenvalue weighted by Gasteiger charge is -2.42. The second-order valence-electron chi connectivity index (χ2n) is 10.4. The van der Waals surface area contributed by atoms with E-state index in [1.54, 1.807) is 30.2 Å². The van der Waals surface area contributed by atoms with Crippen molar-refractivity contribution in [1.29, 1.82) is 0 Å². The van der Waals surface area contributed by atoms with Gasteiger partial charge in [0.25, 0.3) is 5.91 Å². The average Bonchev–Trinajstić information content (AvgIpc) is 3.35. The number of carbonyl (C=O) groups is 2. The van der Waals surface area contributed by atoms with E-state index in [1.807, 2.05) is 38.1 Å². The van der Waals surface area contributed by atoms with Crippen LogP contribution in [0.1, 0.15) is 43.1 Å². The molecule has 38 heavy (non-hydrogen) atoms. The van der Waals surface area contributed by atoms with Crippen LogP contribution < -0.4 is 4.74 Å². The lowest BCUT2D eigenvalue weighted by Crippen LogP contribution is -2.53. The van der Waals surface area contributed by atoms with Crippen molar-refractivity contribution in [3.05, 3.63) is 59.3 Å². The molecule has 1 saturated heterocycles. The SMILES string of the molecule is CCN(CCO)CCCN1C(=O)N2C(Cc3cccc(O)c3)c3[nH]c4ccc(OC)cc4c3C[C@@]2(C)C1=O. The summed E-state index contributed by atoms with van der Waals surface area (Å²) in [5.41, 5.74) is 2.71. The summed E-state index contributed by atoms with van der Waals surface area (Å²) in [5.74, 6) is 0.711. The summed E-state index contributed by atoms with van der Waals surface area (Å²) in [6.45, 7) is 6.36. The number of hydrogen-bond acceptors (Lipinski definition) is 6. The standard InChI is InChI=1S/C29H36N4O5/c1-4-31(13-14-34)11-6-12-32-27(36)29(2)18-23-22-17-21(38-3)9-10-24(22)30-26(23)25(33(29)28(32)37)16-19-7-5-8-20(35)15-19/h5,7-10,15,17,25,30,34-35H,4,6,11-14,16,18H2,1-3H3/t25?,29-/m0/s1. The predicted octanol–water partition coefficient (Wildman–Crippen LogP) is 3.45. The number of urea groups is 1. The number of carbonyl (C=O) groups excluding carboxylic acids is 2. The summed E-state index contributed by atoms with van der Waals surface area (Å²) in [5, 5.41) is 20.4. The number of methoxy groups -OCH3 is 1. The third kappa shape index (κ3) is 4.39. The van der Waals surface area contributed by atoms with E-state index in [9.17, 15) is 19.8 Å². The Hall–Kier alpha value is -3.56. The molecule has 1 aromatic heterocycles. The van der Waals surface area contributed by atoms with Crippen LogP contribution in [0.5, 0.6) is 11.5 Å². The Morgan fingerprint density at radius 3 is 2.71 bits per heavy atom. The van der Waals surface area contributed by atoms with E-state index >= 15 is 0 Å². The normalized spacial score (nSPS) is 20.9. The molecule has 2 atom stereocenters. The van der Waals surface area contributed by atoms with Gasteiger partial charge in [0.2, 0.25) is 0 Å². The number of rotatable bonds is 10. The summed E-state index contributed by atoms with van der Waals surface area (Å²) >= 11 is 0. The molecule has 2 aromatic carbocycles. The van der Waals surface area contributed by atoms with Crippen LogP contribution in [-0.4, -0.2) is 87.3 Å². The second-order valence-corrected chi connectivity index (χ2v) is 10.4. The van der Waals surface area contributed by atoms with Crippen molar-refractivity contribution < 1.29 is 24.5 Å². The van der Waals surface area contributed by atoms with Crippen LogP contribution in [0.2, 0.25) is 0 Å². The smallest absolute Gasteiger partial charge is 0.328 e. The van der Waals surface area contributed by atoms with Gasteiger partial charge in [0, 0.05) is 36.1 Å². The lowest BCUT2D eigenvalue weighted by atomic mass is 9.81. The molecular weight excluding hydrogens is 484 g/mol. The number of H-pyrrole nitrogens is 1. The molecule has 0 bridgehead atoms. The third-order valence-corrected chi connectivity index (χ3v) is 8.05. The lowest BCUT2D eigenvalue weighted by molar-refractivity contribution is -0.133. The number of aromatic amines is 1. The number of aromatic hydroxyl groups is 1. The molecule has 0 aliphatic carbocycles. The average molecular weight is 521 g/mol. The molecule has 3 amide bonds. The van der Waals surface area contributed by atoms with Gasteiger partial charge in [-0.15, -0.1) is 0 Å². The topological polar surface area (TPSA) is 109 Å². The first kappa shape index (κ1) is 26.1. The Kier molecular flexibility index (Phi) is 7.07. The van der Waals surface area contributed by atoms with Gasteiger partial charge in [0.1, 0.15) is 17.0 Å². The first-order chi connectivity index (χ1) is 18.3. The highest BCUT2D eigenvalue weighted by molar-refractivity contribution is 6.08. The molecule has 2 aliphatic heterocycles. The number of nitrogens with one attached hydrogen (secondary N) is 1. The first-order valence-corrected chi connectivity index (χ1v) is 13.3. The predicted molar refractivity (Wildman–Crippen MR) is 144 cm³/mol. The van der Waals surface area contributed by atoms with Crippen LogP contribution in [0.25, 0.3) is 10.9 Å². The number of likely N-dealkylation sites (N-methyl/N-ethyl adjacent to an activating group) is 1. The highest BCUT2D eigenvalue weighted by Crippen LogP contribution is 2.47. The minimum atomic E-state index is -1.03. The van der Waals surface area contributed by atoms with Gasteiger partial charge in [-0.05, 0) is 74.3 Å². The van der Waals surface area contributed by atoms with Crippen LogP contribution in [0.4, 0.5) is 4.79 Å². The van der Waals surface area contributed by atoms with Crippen molar-refractivity contribution >= 4 is 22.8 Å². The maximum atomic E-state index is 13.9. The number of hydrogen-bond donors (Lipinski definition) is 3. The zero-order chi connectivity index (χ0) is 27.0. The van der Waals surface area contributed by atoms with E-state index in [-0.39, 0.29) is 24.3 Å². The van der Waals surface area contributed by atoms with E-state index < -0.39 is 11.6 Å². The molecule has 3 N–H and O–H groups in total. The zero-order valence-electron chi connectivity index (χ0n) is 22.2. The number of phenols is 1. The van der Waals surface area contributed by atoms with E-state index in [4.69, 9.17) is 4.74 Å². The molecule has 1 unspecified atom stereocenters. The van der Waals surface area contributed by atoms with Crippen LogP contribution in [0, 0.1) is 0 Å². The Balaban J connectivity index is 1.52. The van der Waals surface area contributed by atoms with Crippen molar-refractivity contribution in [3.63, 3.8) is 0 Å². The minimum Gasteiger partial charge on any atom is -0.508 e. The van der Waals surface area contributed by atoms with E-state index in [2.05, 4.69) is 9.88 Å². The highest BCUT2D eigenvalue weighted by Gasteiger charge is 2.59. The number of aromatic nitrogens is 1. The molecule has 202 valence electrons. The van der Waals surface area contributed by atoms with Crippen molar-refractivity contribution in [1.82, 2.24) is 19.7 Å². The third-order valence-electron chi connectivity index (χ3n) is 8.05. The monoisotopic (exact) mass is 520 g/mol. The van der Waals surface area contributed by atoms with E-state index in [0.29, 0.717) is 38.9 Å². The molecule has 1 fully saturated rings. The van der Waals surface area contributed by atoms with Gasteiger partial charge in [-0.25, -0.2) is 4.79 Å². The van der Waals surface area contributed by atoms with Crippen molar-refractivity contribution in [3.8, 4) is 11.5 Å². The van der Waals surface area contributed by atoms with Gasteiger partial charge in [-0.1, -0.05) is 19.1 Å². The fraction of sp³-hybridized carbons (Fsp3) is 0.448. The van der Waals surface area contributed by atoms with Crippen LogP contribution in [0.3, 0.4) is 0 Å². The summed E-state index contributed by atoms with van der Waals surface area (Å²) in [6, 6.07) is 12.2. The molecule has 3 heterocycles. The van der Waals surface area contributed by atoms with E-state index in [1.165, 1.54) is 4.90 Å². The largest absolute Gasteiger partial charge is 0.508 e. The molecule has 0 spiro atoms. The summed E-state index contributed by atoms with van der Waals surface area (Å²) < 4.78 is 5.47. The van der Waals surface area contributed by atoms with Crippen molar-refractivity contribution in [2.24, 2.45) is 0 Å². The summed E-state index contributed by atoms with van der Waals surface area (Å²) in [4.78, 5) is 36.6. The van der Waals surface area contributed by atoms with Crippen LogP contribution in [-0.2, 0) is 17.6 Å². The number of amides is 3. The van der Waals surface area contributed by atoms with Gasteiger partial charge in [-0.2, -0.15) is 0 Å². The fourth-order valence-corrected chi connectivity index (χ4v) is 6.10. The number of aliphatic hydroxyl groups is 1. The second kappa shape index (κ2) is 10.3. The molecular formula is C29H36N4O5. The number of fused-ring (bicyclic) bond motifs is 4. The molecule has 3 aromatic rings. The highest BCUT2D eigenvalue weighted by atomic mass is 16.5. The van der Waals surface area contributed by atoms with Gasteiger partial charge >= 0.3 is 6.03 Å². The van der Waals surface area contributed by atoms with Gasteiger partial charge in [0.05, 0.1) is 19.8 Å². The zero-order valence-corrected chi connectivity index (χ0v) is 22.2. The van der Waals surface area contributed by atoms with E-state index in [0.717, 1.165) is 40.0 Å². The minimum absolute atomic E-state index is 0.0778. The fourth-order valence-electron chi connectivity index (χ4n) is 6.10. The van der Waals surface area contributed by atoms with Crippen LogP contribution >= 0.6 is 0 Å². The molecule has 2 aliphatic rings. The maximum Gasteiger partial charge on any atom is 0.328 e. The van der Waals surface area contributed by atoms with Crippen LogP contribution in [0.15, 0.2) is 42.5 Å².